The summed E-state index contributed by atoms with van der Waals surface area (Å²) in [7, 11) is 3.10. The van der Waals surface area contributed by atoms with E-state index in [1.807, 2.05) is 0 Å². The Kier molecular flexibility index (Phi) is 8.57. The van der Waals surface area contributed by atoms with E-state index in [4.69, 9.17) is 9.47 Å². The van der Waals surface area contributed by atoms with Crippen molar-refractivity contribution in [3.05, 3.63) is 53.8 Å². The van der Waals surface area contributed by atoms with Crippen LogP contribution in [-0.2, 0) is 16.1 Å². The standard InChI is InChI=1S/C29H35FN6O4/c1-39-24-16-13-20(17-25(24)40-2)28-32-34-35(33-28)18-26(37)36(23-9-5-6-10-23)27(19-11-14-21(30)15-12-19)29(38)31-22-7-3-4-8-22/h11-17,22-23,27H,3-10,18H2,1-2H3,(H,31,38)/t27-/m1/s1. The molecule has 5 rings (SSSR count). The van der Waals surface area contributed by atoms with Crippen LogP contribution in [0.15, 0.2) is 42.5 Å². The fourth-order valence-electron chi connectivity index (χ4n) is 5.78. The summed E-state index contributed by atoms with van der Waals surface area (Å²) in [6.45, 7) is -0.189. The summed E-state index contributed by atoms with van der Waals surface area (Å²) in [4.78, 5) is 30.6. The molecule has 2 saturated carbocycles. The maximum atomic E-state index is 14.0. The van der Waals surface area contributed by atoms with Crippen LogP contribution < -0.4 is 14.8 Å². The van der Waals surface area contributed by atoms with E-state index in [9.17, 15) is 14.0 Å². The summed E-state index contributed by atoms with van der Waals surface area (Å²) in [5.74, 6) is 0.497. The van der Waals surface area contributed by atoms with Gasteiger partial charge in [-0.05, 0) is 66.8 Å². The largest absolute Gasteiger partial charge is 0.493 e. The number of rotatable bonds is 10. The lowest BCUT2D eigenvalue weighted by atomic mass is 10.0. The van der Waals surface area contributed by atoms with Gasteiger partial charge >= 0.3 is 0 Å². The Morgan fingerprint density at radius 1 is 1.00 bits per heavy atom. The van der Waals surface area contributed by atoms with Crippen molar-refractivity contribution in [2.24, 2.45) is 0 Å². The molecule has 11 heteroatoms. The van der Waals surface area contributed by atoms with Crippen LogP contribution in [0.5, 0.6) is 11.5 Å². The van der Waals surface area contributed by atoms with E-state index in [1.165, 1.54) is 16.9 Å². The van der Waals surface area contributed by atoms with E-state index in [-0.39, 0.29) is 30.4 Å². The van der Waals surface area contributed by atoms with Crippen molar-refractivity contribution in [2.45, 2.75) is 76.0 Å². The molecule has 0 aliphatic heterocycles. The number of tetrazole rings is 1. The molecule has 1 aromatic heterocycles. The lowest BCUT2D eigenvalue weighted by Gasteiger charge is -2.36. The molecule has 0 unspecified atom stereocenters. The highest BCUT2D eigenvalue weighted by Gasteiger charge is 2.38. The van der Waals surface area contributed by atoms with E-state index in [2.05, 4.69) is 20.7 Å². The lowest BCUT2D eigenvalue weighted by Crippen LogP contribution is -2.50. The zero-order chi connectivity index (χ0) is 28.1. The highest BCUT2D eigenvalue weighted by Crippen LogP contribution is 2.33. The molecular weight excluding hydrogens is 515 g/mol. The third-order valence-electron chi connectivity index (χ3n) is 7.79. The van der Waals surface area contributed by atoms with E-state index in [0.717, 1.165) is 51.4 Å². The van der Waals surface area contributed by atoms with Crippen molar-refractivity contribution in [3.8, 4) is 22.9 Å². The molecule has 2 aliphatic rings. The Bertz CT molecular complexity index is 1320. The molecule has 1 heterocycles. The van der Waals surface area contributed by atoms with Crippen LogP contribution in [0.25, 0.3) is 11.4 Å². The molecule has 0 radical (unpaired) electrons. The quantitative estimate of drug-likeness (QED) is 0.405. The van der Waals surface area contributed by atoms with Crippen molar-refractivity contribution in [3.63, 3.8) is 0 Å². The number of aromatic nitrogens is 4. The van der Waals surface area contributed by atoms with Gasteiger partial charge in [-0.2, -0.15) is 4.80 Å². The summed E-state index contributed by atoms with van der Waals surface area (Å²) < 4.78 is 24.5. The minimum Gasteiger partial charge on any atom is -0.493 e. The topological polar surface area (TPSA) is 111 Å². The Labute approximate surface area is 232 Å². The number of nitrogens with one attached hydrogen (secondary N) is 1. The van der Waals surface area contributed by atoms with Gasteiger partial charge in [0.2, 0.25) is 17.6 Å². The predicted octanol–water partition coefficient (Wildman–Crippen LogP) is 4.07. The van der Waals surface area contributed by atoms with Gasteiger partial charge in [-0.1, -0.05) is 37.8 Å². The van der Waals surface area contributed by atoms with Gasteiger partial charge in [0, 0.05) is 17.6 Å². The number of hydrogen-bond acceptors (Lipinski definition) is 7. The first-order valence-electron chi connectivity index (χ1n) is 13.8. The van der Waals surface area contributed by atoms with Crippen LogP contribution in [0, 0.1) is 5.82 Å². The van der Waals surface area contributed by atoms with Gasteiger partial charge in [0.25, 0.3) is 0 Å². The molecule has 0 bridgehead atoms. The maximum Gasteiger partial charge on any atom is 0.247 e. The fourth-order valence-corrected chi connectivity index (χ4v) is 5.78. The van der Waals surface area contributed by atoms with Crippen LogP contribution in [-0.4, -0.2) is 63.2 Å². The molecule has 40 heavy (non-hydrogen) atoms. The molecule has 212 valence electrons. The first kappa shape index (κ1) is 27.5. The molecule has 2 aliphatic carbocycles. The molecular formula is C29H35FN6O4. The Hall–Kier alpha value is -4.02. The average molecular weight is 551 g/mol. The smallest absolute Gasteiger partial charge is 0.247 e. The normalized spacial score (nSPS) is 16.6. The zero-order valence-electron chi connectivity index (χ0n) is 22.9. The number of halogens is 1. The highest BCUT2D eigenvalue weighted by atomic mass is 19.1. The molecule has 1 atom stereocenters. The second-order valence-corrected chi connectivity index (χ2v) is 10.4. The molecule has 10 nitrogen and oxygen atoms in total. The van der Waals surface area contributed by atoms with Crippen molar-refractivity contribution in [1.29, 1.82) is 0 Å². The summed E-state index contributed by atoms with van der Waals surface area (Å²) in [6, 6.07) is 10.2. The first-order chi connectivity index (χ1) is 19.5. The summed E-state index contributed by atoms with van der Waals surface area (Å²) >= 11 is 0. The average Bonchev–Trinajstić information content (AvgIpc) is 3.76. The van der Waals surface area contributed by atoms with E-state index in [0.29, 0.717) is 28.5 Å². The highest BCUT2D eigenvalue weighted by molar-refractivity contribution is 5.89. The zero-order valence-corrected chi connectivity index (χ0v) is 22.9. The van der Waals surface area contributed by atoms with Gasteiger partial charge in [-0.25, -0.2) is 4.39 Å². The lowest BCUT2D eigenvalue weighted by molar-refractivity contribution is -0.144. The Morgan fingerprint density at radius 3 is 2.35 bits per heavy atom. The van der Waals surface area contributed by atoms with Crippen LogP contribution in [0.3, 0.4) is 0 Å². The van der Waals surface area contributed by atoms with Gasteiger partial charge < -0.3 is 19.7 Å². The second kappa shape index (κ2) is 12.4. The number of amides is 2. The van der Waals surface area contributed by atoms with Crippen molar-refractivity contribution >= 4 is 11.8 Å². The van der Waals surface area contributed by atoms with Crippen LogP contribution in [0.2, 0.25) is 0 Å². The molecule has 0 saturated heterocycles. The Balaban J connectivity index is 1.42. The number of benzene rings is 2. The van der Waals surface area contributed by atoms with Gasteiger partial charge in [-0.15, -0.1) is 10.2 Å². The Morgan fingerprint density at radius 2 is 1.68 bits per heavy atom. The summed E-state index contributed by atoms with van der Waals surface area (Å²) in [6.07, 6.45) is 7.50. The first-order valence-corrected chi connectivity index (χ1v) is 13.8. The van der Waals surface area contributed by atoms with Crippen LogP contribution in [0.4, 0.5) is 4.39 Å². The third kappa shape index (κ3) is 6.08. The number of methoxy groups -OCH3 is 2. The fraction of sp³-hybridized carbons (Fsp3) is 0.483. The predicted molar refractivity (Wildman–Crippen MR) is 145 cm³/mol. The number of carbonyl (C=O) groups is 2. The monoisotopic (exact) mass is 550 g/mol. The van der Waals surface area contributed by atoms with Gasteiger partial charge in [0.1, 0.15) is 18.4 Å². The van der Waals surface area contributed by atoms with Gasteiger partial charge in [0.05, 0.1) is 14.2 Å². The molecule has 2 amide bonds. The van der Waals surface area contributed by atoms with E-state index in [1.54, 1.807) is 49.5 Å². The molecule has 1 N–H and O–H groups in total. The van der Waals surface area contributed by atoms with Crippen molar-refractivity contribution < 1.29 is 23.5 Å². The number of ether oxygens (including phenoxy) is 2. The minimum atomic E-state index is -0.884. The SMILES string of the molecule is COc1ccc(-c2nnn(CC(=O)N(C3CCCC3)[C@@H](C(=O)NC3CCCC3)c3ccc(F)cc3)n2)cc1OC. The van der Waals surface area contributed by atoms with Gasteiger partial charge in [-0.3, -0.25) is 9.59 Å². The number of carbonyl (C=O) groups excluding carboxylic acids is 2. The van der Waals surface area contributed by atoms with Crippen LogP contribution in [0.1, 0.15) is 63.0 Å². The van der Waals surface area contributed by atoms with E-state index < -0.39 is 11.9 Å². The third-order valence-corrected chi connectivity index (χ3v) is 7.79. The molecule has 2 fully saturated rings. The number of hydrogen-bond donors (Lipinski definition) is 1. The van der Waals surface area contributed by atoms with Gasteiger partial charge in [0.15, 0.2) is 11.5 Å². The second-order valence-electron chi connectivity index (χ2n) is 10.4. The van der Waals surface area contributed by atoms with Crippen molar-refractivity contribution in [1.82, 2.24) is 30.4 Å². The van der Waals surface area contributed by atoms with Crippen LogP contribution >= 0.6 is 0 Å². The molecule has 2 aromatic carbocycles. The number of nitrogens with zero attached hydrogens (tertiary/aromatic N) is 5. The van der Waals surface area contributed by atoms with Crippen molar-refractivity contribution in [2.75, 3.05) is 14.2 Å². The maximum absolute atomic E-state index is 14.0. The minimum absolute atomic E-state index is 0.0806. The molecule has 0 spiro atoms. The summed E-state index contributed by atoms with van der Waals surface area (Å²) in [5.41, 5.74) is 1.24. The molecule has 3 aromatic rings. The van der Waals surface area contributed by atoms with E-state index >= 15 is 0 Å². The summed E-state index contributed by atoms with van der Waals surface area (Å²) in [5, 5.41) is 15.8.